The van der Waals surface area contributed by atoms with Gasteiger partial charge in [0.2, 0.25) is 5.91 Å². The Balaban J connectivity index is 2.05. The van der Waals surface area contributed by atoms with Crippen LogP contribution in [0.4, 0.5) is 4.39 Å². The Hall–Kier alpha value is -2.24. The molecule has 2 rings (SSSR count). The van der Waals surface area contributed by atoms with E-state index in [-0.39, 0.29) is 18.3 Å². The number of carbonyl (C=O) groups is 1. The van der Waals surface area contributed by atoms with Crippen LogP contribution in [0.15, 0.2) is 54.6 Å². The Kier molecular flexibility index (Phi) is 7.39. The van der Waals surface area contributed by atoms with Crippen molar-refractivity contribution in [3.63, 3.8) is 0 Å². The monoisotopic (exact) mass is 330 g/mol. The van der Waals surface area contributed by atoms with Crippen molar-refractivity contribution in [2.24, 2.45) is 0 Å². The number of halogens is 1. The molecule has 0 saturated heterocycles. The normalized spacial score (nSPS) is 11.9. The predicted octanol–water partition coefficient (Wildman–Crippen LogP) is 2.46. The van der Waals surface area contributed by atoms with Gasteiger partial charge >= 0.3 is 0 Å². The van der Waals surface area contributed by atoms with E-state index in [0.717, 1.165) is 5.56 Å². The fourth-order valence-electron chi connectivity index (χ4n) is 2.47. The fourth-order valence-corrected chi connectivity index (χ4v) is 2.47. The highest BCUT2D eigenvalue weighted by Gasteiger charge is 2.18. The first-order valence-electron chi connectivity index (χ1n) is 7.98. The lowest BCUT2D eigenvalue weighted by molar-refractivity contribution is -0.121. The predicted molar refractivity (Wildman–Crippen MR) is 92.2 cm³/mol. The SMILES string of the molecule is COCCNCC(=O)NC(Cc1ccccc1)c1ccccc1F. The molecule has 2 N–H and O–H groups in total. The summed E-state index contributed by atoms with van der Waals surface area (Å²) in [4.78, 5) is 12.2. The lowest BCUT2D eigenvalue weighted by Gasteiger charge is -2.20. The van der Waals surface area contributed by atoms with E-state index < -0.39 is 6.04 Å². The number of benzene rings is 2. The fraction of sp³-hybridized carbons (Fsp3) is 0.316. The Morgan fingerprint density at radius 2 is 1.83 bits per heavy atom. The van der Waals surface area contributed by atoms with Gasteiger partial charge in [0.05, 0.1) is 19.2 Å². The van der Waals surface area contributed by atoms with E-state index in [1.54, 1.807) is 25.3 Å². The summed E-state index contributed by atoms with van der Waals surface area (Å²) >= 11 is 0. The van der Waals surface area contributed by atoms with Gasteiger partial charge in [-0.3, -0.25) is 4.79 Å². The van der Waals surface area contributed by atoms with Crippen LogP contribution in [-0.4, -0.2) is 32.7 Å². The van der Waals surface area contributed by atoms with Crippen molar-refractivity contribution in [2.75, 3.05) is 26.8 Å². The van der Waals surface area contributed by atoms with Gasteiger partial charge < -0.3 is 15.4 Å². The lowest BCUT2D eigenvalue weighted by atomic mass is 9.98. The van der Waals surface area contributed by atoms with Crippen LogP contribution in [0, 0.1) is 5.82 Å². The molecule has 2 aromatic carbocycles. The molecule has 0 aliphatic heterocycles. The van der Waals surface area contributed by atoms with Gasteiger partial charge in [-0.15, -0.1) is 0 Å². The number of hydrogen-bond donors (Lipinski definition) is 2. The third kappa shape index (κ3) is 5.76. The van der Waals surface area contributed by atoms with Crippen LogP contribution in [-0.2, 0) is 16.0 Å². The molecule has 128 valence electrons. The number of hydrogen-bond acceptors (Lipinski definition) is 3. The molecule has 1 amide bonds. The Morgan fingerprint density at radius 3 is 2.54 bits per heavy atom. The maximum atomic E-state index is 14.2. The largest absolute Gasteiger partial charge is 0.383 e. The number of carbonyl (C=O) groups excluding carboxylic acids is 1. The average molecular weight is 330 g/mol. The number of nitrogens with one attached hydrogen (secondary N) is 2. The Labute approximate surface area is 142 Å². The maximum absolute atomic E-state index is 14.2. The summed E-state index contributed by atoms with van der Waals surface area (Å²) in [5, 5.41) is 5.91. The van der Waals surface area contributed by atoms with Crippen molar-refractivity contribution in [1.29, 1.82) is 0 Å². The summed E-state index contributed by atoms with van der Waals surface area (Å²) < 4.78 is 19.1. The molecule has 0 spiro atoms. The summed E-state index contributed by atoms with van der Waals surface area (Å²) in [5.41, 5.74) is 1.53. The third-order valence-electron chi connectivity index (χ3n) is 3.67. The van der Waals surface area contributed by atoms with E-state index in [1.165, 1.54) is 6.07 Å². The summed E-state index contributed by atoms with van der Waals surface area (Å²) in [6.07, 6.45) is 0.533. The van der Waals surface area contributed by atoms with Crippen LogP contribution < -0.4 is 10.6 Å². The van der Waals surface area contributed by atoms with Gasteiger partial charge in [-0.1, -0.05) is 48.5 Å². The number of methoxy groups -OCH3 is 1. The molecule has 0 aromatic heterocycles. The zero-order chi connectivity index (χ0) is 17.2. The molecule has 1 atom stereocenters. The maximum Gasteiger partial charge on any atom is 0.234 e. The molecule has 1 unspecified atom stereocenters. The van der Waals surface area contributed by atoms with Gasteiger partial charge in [0.25, 0.3) is 0 Å². The quantitative estimate of drug-likeness (QED) is 0.695. The minimum Gasteiger partial charge on any atom is -0.383 e. The second kappa shape index (κ2) is 9.80. The zero-order valence-corrected chi connectivity index (χ0v) is 13.8. The molecule has 24 heavy (non-hydrogen) atoms. The molecule has 0 radical (unpaired) electrons. The number of amides is 1. The number of rotatable bonds is 9. The molecule has 0 aliphatic rings. The highest BCUT2D eigenvalue weighted by atomic mass is 19.1. The van der Waals surface area contributed by atoms with Crippen molar-refractivity contribution < 1.29 is 13.9 Å². The third-order valence-corrected chi connectivity index (χ3v) is 3.67. The second-order valence-corrected chi connectivity index (χ2v) is 5.50. The average Bonchev–Trinajstić information content (AvgIpc) is 2.59. The van der Waals surface area contributed by atoms with Crippen molar-refractivity contribution in [1.82, 2.24) is 10.6 Å². The minimum atomic E-state index is -0.412. The molecule has 4 nitrogen and oxygen atoms in total. The standard InChI is InChI=1S/C19H23FN2O2/c1-24-12-11-21-14-19(23)22-18(13-15-7-3-2-4-8-15)16-9-5-6-10-17(16)20/h2-10,18,21H,11-14H2,1H3,(H,22,23). The topological polar surface area (TPSA) is 50.4 Å². The van der Waals surface area contributed by atoms with Gasteiger partial charge in [0.1, 0.15) is 5.82 Å². The van der Waals surface area contributed by atoms with Crippen molar-refractivity contribution in [3.8, 4) is 0 Å². The van der Waals surface area contributed by atoms with Crippen LogP contribution >= 0.6 is 0 Å². The van der Waals surface area contributed by atoms with Gasteiger partial charge in [-0.05, 0) is 18.1 Å². The first-order chi connectivity index (χ1) is 11.7. The van der Waals surface area contributed by atoms with Crippen LogP contribution in [0.5, 0.6) is 0 Å². The smallest absolute Gasteiger partial charge is 0.234 e. The first-order valence-corrected chi connectivity index (χ1v) is 7.98. The van der Waals surface area contributed by atoms with Gasteiger partial charge in [0.15, 0.2) is 0 Å². The lowest BCUT2D eigenvalue weighted by Crippen LogP contribution is -2.38. The van der Waals surface area contributed by atoms with Crippen molar-refractivity contribution in [2.45, 2.75) is 12.5 Å². The van der Waals surface area contributed by atoms with E-state index >= 15 is 0 Å². The Morgan fingerprint density at radius 1 is 1.12 bits per heavy atom. The van der Waals surface area contributed by atoms with Gasteiger partial charge in [0, 0.05) is 19.2 Å². The van der Waals surface area contributed by atoms with Gasteiger partial charge in [-0.2, -0.15) is 0 Å². The van der Waals surface area contributed by atoms with E-state index in [9.17, 15) is 9.18 Å². The molecular weight excluding hydrogens is 307 g/mol. The van der Waals surface area contributed by atoms with Crippen LogP contribution in [0.25, 0.3) is 0 Å². The molecular formula is C19H23FN2O2. The molecule has 0 saturated carbocycles. The highest BCUT2D eigenvalue weighted by Crippen LogP contribution is 2.21. The summed E-state index contributed by atoms with van der Waals surface area (Å²) in [6, 6.07) is 15.9. The number of ether oxygens (including phenoxy) is 1. The van der Waals surface area contributed by atoms with Crippen LogP contribution in [0.1, 0.15) is 17.2 Å². The Bertz CT molecular complexity index is 634. The second-order valence-electron chi connectivity index (χ2n) is 5.50. The van der Waals surface area contributed by atoms with Crippen molar-refractivity contribution >= 4 is 5.91 Å². The minimum absolute atomic E-state index is 0.170. The van der Waals surface area contributed by atoms with E-state index in [0.29, 0.717) is 25.1 Å². The van der Waals surface area contributed by atoms with E-state index in [4.69, 9.17) is 4.74 Å². The summed E-state index contributed by atoms with van der Waals surface area (Å²) in [6.45, 7) is 1.30. The van der Waals surface area contributed by atoms with Crippen LogP contribution in [0.2, 0.25) is 0 Å². The first kappa shape index (κ1) is 18.1. The van der Waals surface area contributed by atoms with E-state index in [2.05, 4.69) is 10.6 Å². The molecule has 0 aliphatic carbocycles. The molecule has 0 heterocycles. The molecule has 2 aromatic rings. The molecule has 5 heteroatoms. The zero-order valence-electron chi connectivity index (χ0n) is 13.8. The van der Waals surface area contributed by atoms with Crippen molar-refractivity contribution in [3.05, 3.63) is 71.5 Å². The highest BCUT2D eigenvalue weighted by molar-refractivity contribution is 5.78. The summed E-state index contributed by atoms with van der Waals surface area (Å²) in [7, 11) is 1.61. The summed E-state index contributed by atoms with van der Waals surface area (Å²) in [5.74, 6) is -0.485. The van der Waals surface area contributed by atoms with E-state index in [1.807, 2.05) is 30.3 Å². The van der Waals surface area contributed by atoms with Gasteiger partial charge in [-0.25, -0.2) is 4.39 Å². The van der Waals surface area contributed by atoms with Crippen LogP contribution in [0.3, 0.4) is 0 Å². The molecule has 0 fully saturated rings. The molecule has 0 bridgehead atoms.